The minimum absolute atomic E-state index is 0.0264. The summed E-state index contributed by atoms with van der Waals surface area (Å²) in [5.74, 6) is 0.367. The molecule has 1 aliphatic rings. The number of benzene rings is 3. The zero-order chi connectivity index (χ0) is 23.2. The summed E-state index contributed by atoms with van der Waals surface area (Å²) in [5, 5.41) is 8.04. The summed E-state index contributed by atoms with van der Waals surface area (Å²) in [6, 6.07) is 21.2. The molecule has 0 saturated carbocycles. The third kappa shape index (κ3) is 5.84. The smallest absolute Gasteiger partial charge is 0.253 e. The van der Waals surface area contributed by atoms with Crippen LogP contribution in [0, 0.1) is 5.92 Å². The molecule has 168 valence electrons. The van der Waals surface area contributed by atoms with Crippen LogP contribution in [0.3, 0.4) is 0 Å². The quantitative estimate of drug-likeness (QED) is 0.416. The van der Waals surface area contributed by atoms with Crippen LogP contribution in [0.2, 0.25) is 0 Å². The van der Waals surface area contributed by atoms with Crippen LogP contribution >= 0.6 is 12.2 Å². The monoisotopic (exact) mass is 457 g/mol. The first-order chi connectivity index (χ1) is 16.0. The Labute approximate surface area is 199 Å². The Kier molecular flexibility index (Phi) is 7.15. The van der Waals surface area contributed by atoms with Crippen molar-refractivity contribution in [2.75, 3.05) is 18.4 Å². The maximum Gasteiger partial charge on any atom is 0.253 e. The lowest BCUT2D eigenvalue weighted by Gasteiger charge is -2.30. The van der Waals surface area contributed by atoms with Crippen LogP contribution in [0.1, 0.15) is 35.7 Å². The van der Waals surface area contributed by atoms with Gasteiger partial charge in [0.25, 0.3) is 5.91 Å². The van der Waals surface area contributed by atoms with Gasteiger partial charge in [0, 0.05) is 30.4 Å². The molecule has 1 fully saturated rings. The van der Waals surface area contributed by atoms with Crippen LogP contribution in [0.15, 0.2) is 72.8 Å². The molecular weight excluding hydrogens is 430 g/mol. The second kappa shape index (κ2) is 10.4. The summed E-state index contributed by atoms with van der Waals surface area (Å²) in [6.45, 7) is 3.79. The molecule has 2 amide bonds. The number of fused-ring (bicyclic) bond motifs is 1. The summed E-state index contributed by atoms with van der Waals surface area (Å²) in [6.07, 6.45) is 5.31. The Bertz CT molecular complexity index is 1210. The fraction of sp³-hybridized carbons (Fsp3) is 0.222. The Morgan fingerprint density at radius 3 is 2.55 bits per heavy atom. The van der Waals surface area contributed by atoms with Gasteiger partial charge in [-0.1, -0.05) is 55.5 Å². The van der Waals surface area contributed by atoms with Crippen LogP contribution in [-0.4, -0.2) is 34.9 Å². The molecule has 6 heteroatoms. The van der Waals surface area contributed by atoms with E-state index >= 15 is 0 Å². The molecule has 0 bridgehead atoms. The fourth-order valence-corrected chi connectivity index (χ4v) is 4.22. The van der Waals surface area contributed by atoms with Crippen molar-refractivity contribution >= 4 is 51.7 Å². The molecule has 0 atom stereocenters. The van der Waals surface area contributed by atoms with Crippen LogP contribution in [0.5, 0.6) is 0 Å². The number of nitrogens with one attached hydrogen (secondary N) is 2. The van der Waals surface area contributed by atoms with E-state index in [0.717, 1.165) is 42.3 Å². The molecule has 1 heterocycles. The van der Waals surface area contributed by atoms with Crippen LogP contribution in [-0.2, 0) is 4.79 Å². The average molecular weight is 458 g/mol. The molecule has 0 spiro atoms. The zero-order valence-electron chi connectivity index (χ0n) is 18.6. The molecule has 0 radical (unpaired) electrons. The van der Waals surface area contributed by atoms with Crippen molar-refractivity contribution in [1.82, 2.24) is 10.2 Å². The topological polar surface area (TPSA) is 61.4 Å². The number of rotatable bonds is 4. The Morgan fingerprint density at radius 2 is 1.73 bits per heavy atom. The normalized spacial score (nSPS) is 14.4. The van der Waals surface area contributed by atoms with Crippen molar-refractivity contribution in [3.63, 3.8) is 0 Å². The van der Waals surface area contributed by atoms with Gasteiger partial charge in [0.15, 0.2) is 5.11 Å². The Balaban J connectivity index is 1.35. The molecule has 1 saturated heterocycles. The number of carbonyl (C=O) groups excluding carboxylic acids is 2. The minimum Gasteiger partial charge on any atom is -0.339 e. The van der Waals surface area contributed by atoms with Gasteiger partial charge in [0.2, 0.25) is 5.91 Å². The van der Waals surface area contributed by atoms with Crippen molar-refractivity contribution in [3.8, 4) is 0 Å². The summed E-state index contributed by atoms with van der Waals surface area (Å²) >= 11 is 5.29. The lowest BCUT2D eigenvalue weighted by atomic mass is 9.98. The van der Waals surface area contributed by atoms with Gasteiger partial charge in [0.05, 0.1) is 0 Å². The molecule has 4 rings (SSSR count). The van der Waals surface area contributed by atoms with E-state index in [4.69, 9.17) is 12.2 Å². The second-order valence-corrected chi connectivity index (χ2v) is 8.81. The van der Waals surface area contributed by atoms with E-state index in [-0.39, 0.29) is 16.9 Å². The van der Waals surface area contributed by atoms with Gasteiger partial charge in [-0.05, 0) is 71.6 Å². The highest BCUT2D eigenvalue weighted by Crippen LogP contribution is 2.21. The molecule has 2 N–H and O–H groups in total. The van der Waals surface area contributed by atoms with Crippen LogP contribution < -0.4 is 10.6 Å². The summed E-state index contributed by atoms with van der Waals surface area (Å²) in [5.41, 5.74) is 2.23. The van der Waals surface area contributed by atoms with Crippen molar-refractivity contribution < 1.29 is 9.59 Å². The Hall–Kier alpha value is -3.51. The third-order valence-electron chi connectivity index (χ3n) is 5.91. The number of nitrogens with zero attached hydrogens (tertiary/aromatic N) is 1. The number of carbonyl (C=O) groups is 2. The molecule has 0 aromatic heterocycles. The summed E-state index contributed by atoms with van der Waals surface area (Å²) < 4.78 is 0. The van der Waals surface area contributed by atoms with Gasteiger partial charge in [-0.3, -0.25) is 14.9 Å². The molecule has 3 aromatic carbocycles. The molecular formula is C27H27N3O2S. The molecule has 5 nitrogen and oxygen atoms in total. The van der Waals surface area contributed by atoms with Crippen LogP contribution in [0.25, 0.3) is 16.8 Å². The van der Waals surface area contributed by atoms with E-state index in [2.05, 4.69) is 17.6 Å². The Morgan fingerprint density at radius 1 is 1.00 bits per heavy atom. The lowest BCUT2D eigenvalue weighted by Crippen LogP contribution is -2.38. The SMILES string of the molecule is CC1CCN(C(=O)c2cccc(NC(=S)NC(=O)/C=C/c3cccc4ccccc34)c2)CC1. The van der Waals surface area contributed by atoms with E-state index < -0.39 is 0 Å². The van der Waals surface area contributed by atoms with Gasteiger partial charge >= 0.3 is 0 Å². The lowest BCUT2D eigenvalue weighted by molar-refractivity contribution is -0.115. The van der Waals surface area contributed by atoms with Gasteiger partial charge in [-0.25, -0.2) is 0 Å². The summed E-state index contributed by atoms with van der Waals surface area (Å²) in [7, 11) is 0. The van der Waals surface area contributed by atoms with E-state index in [1.807, 2.05) is 59.5 Å². The standard InChI is InChI=1S/C27H27N3O2S/c1-19-14-16-30(17-15-19)26(32)22-9-5-10-23(18-22)28-27(33)29-25(31)13-12-21-8-4-7-20-6-2-3-11-24(20)21/h2-13,18-19H,14-17H2,1H3,(H2,28,29,31,33)/b13-12+. The first kappa shape index (κ1) is 22.7. The van der Waals surface area contributed by atoms with Crippen LogP contribution in [0.4, 0.5) is 5.69 Å². The number of likely N-dealkylation sites (tertiary alicyclic amines) is 1. The third-order valence-corrected chi connectivity index (χ3v) is 6.12. The van der Waals surface area contributed by atoms with Crippen molar-refractivity contribution in [3.05, 3.63) is 83.9 Å². The molecule has 0 unspecified atom stereocenters. The average Bonchev–Trinajstić information content (AvgIpc) is 2.83. The summed E-state index contributed by atoms with van der Waals surface area (Å²) in [4.78, 5) is 27.1. The van der Waals surface area contributed by atoms with E-state index in [0.29, 0.717) is 17.2 Å². The largest absolute Gasteiger partial charge is 0.339 e. The van der Waals surface area contributed by atoms with Gasteiger partial charge in [-0.2, -0.15) is 0 Å². The molecule has 0 aliphatic carbocycles. The molecule has 33 heavy (non-hydrogen) atoms. The highest BCUT2D eigenvalue weighted by Gasteiger charge is 2.21. The van der Waals surface area contributed by atoms with Crippen molar-refractivity contribution in [1.29, 1.82) is 0 Å². The highest BCUT2D eigenvalue weighted by molar-refractivity contribution is 7.80. The van der Waals surface area contributed by atoms with Crippen molar-refractivity contribution in [2.45, 2.75) is 19.8 Å². The number of thiocarbonyl (C=S) groups is 1. The number of hydrogen-bond acceptors (Lipinski definition) is 3. The maximum atomic E-state index is 12.8. The number of anilines is 1. The first-order valence-corrected chi connectivity index (χ1v) is 11.6. The maximum absolute atomic E-state index is 12.8. The minimum atomic E-state index is -0.324. The first-order valence-electron chi connectivity index (χ1n) is 11.2. The molecule has 1 aliphatic heterocycles. The predicted octanol–water partition coefficient (Wildman–Crippen LogP) is 5.24. The number of amides is 2. The predicted molar refractivity (Wildman–Crippen MR) is 138 cm³/mol. The second-order valence-electron chi connectivity index (χ2n) is 8.40. The zero-order valence-corrected chi connectivity index (χ0v) is 19.4. The number of piperidine rings is 1. The van der Waals surface area contributed by atoms with E-state index in [9.17, 15) is 9.59 Å². The van der Waals surface area contributed by atoms with Gasteiger partial charge < -0.3 is 10.2 Å². The van der Waals surface area contributed by atoms with E-state index in [1.54, 1.807) is 18.2 Å². The fourth-order valence-electron chi connectivity index (χ4n) is 4.00. The van der Waals surface area contributed by atoms with E-state index in [1.165, 1.54) is 6.08 Å². The van der Waals surface area contributed by atoms with Gasteiger partial charge in [0.1, 0.15) is 0 Å². The van der Waals surface area contributed by atoms with Gasteiger partial charge in [-0.15, -0.1) is 0 Å². The number of hydrogen-bond donors (Lipinski definition) is 2. The molecule has 3 aromatic rings. The van der Waals surface area contributed by atoms with Crippen molar-refractivity contribution in [2.24, 2.45) is 5.92 Å². The highest BCUT2D eigenvalue weighted by atomic mass is 32.1.